The summed E-state index contributed by atoms with van der Waals surface area (Å²) in [4.78, 5) is 29.7. The highest BCUT2D eigenvalue weighted by Crippen LogP contribution is 2.36. The molecule has 0 spiro atoms. The summed E-state index contributed by atoms with van der Waals surface area (Å²) in [5.74, 6) is -0.745. The van der Waals surface area contributed by atoms with Gasteiger partial charge in [0.15, 0.2) is 0 Å². The molecule has 0 saturated heterocycles. The first-order valence-electron chi connectivity index (χ1n) is 9.36. The lowest BCUT2D eigenvalue weighted by Gasteiger charge is -2.28. The first kappa shape index (κ1) is 18.8. The Labute approximate surface area is 168 Å². The molecule has 7 nitrogen and oxygen atoms in total. The topological polar surface area (TPSA) is 105 Å². The Bertz CT molecular complexity index is 1120. The van der Waals surface area contributed by atoms with Gasteiger partial charge < -0.3 is 21.7 Å². The van der Waals surface area contributed by atoms with Crippen molar-refractivity contribution >= 4 is 45.3 Å². The van der Waals surface area contributed by atoms with Crippen LogP contribution in [0.5, 0.6) is 0 Å². The molecule has 3 aromatic rings. The SMILES string of the molecule is CN(C)CCNc1ccc2c3c(cccc13)C(=O)N(c1ccc(N)c(N)c1)C2=O. The van der Waals surface area contributed by atoms with Gasteiger partial charge in [0, 0.05) is 40.7 Å². The number of nitrogens with zero attached hydrogens (tertiary/aromatic N) is 2. The van der Waals surface area contributed by atoms with Crippen molar-refractivity contribution in [2.45, 2.75) is 0 Å². The van der Waals surface area contributed by atoms with Crippen LogP contribution in [0.1, 0.15) is 20.7 Å². The molecule has 0 radical (unpaired) electrons. The number of amides is 2. The zero-order valence-electron chi connectivity index (χ0n) is 16.4. The Kier molecular flexibility index (Phi) is 4.60. The van der Waals surface area contributed by atoms with Crippen molar-refractivity contribution in [3.8, 4) is 0 Å². The molecule has 5 N–H and O–H groups in total. The number of carbonyl (C=O) groups is 2. The summed E-state index contributed by atoms with van der Waals surface area (Å²) in [6.45, 7) is 1.62. The standard InChI is InChI=1S/C22H23N5O2/c1-26(2)11-10-25-19-9-7-16-20-14(19)4-3-5-15(20)21(28)27(22(16)29)13-6-8-17(23)18(24)12-13/h3-9,12,25H,10-11,23-24H2,1-2H3. The van der Waals surface area contributed by atoms with Gasteiger partial charge in [-0.2, -0.15) is 0 Å². The number of likely N-dealkylation sites (N-methyl/N-ethyl adjacent to an activating group) is 1. The minimum atomic E-state index is -0.372. The fourth-order valence-corrected chi connectivity index (χ4v) is 3.60. The van der Waals surface area contributed by atoms with Crippen molar-refractivity contribution in [3.05, 3.63) is 59.7 Å². The number of benzene rings is 3. The summed E-state index contributed by atoms with van der Waals surface area (Å²) < 4.78 is 0. The molecular formula is C22H23N5O2. The molecule has 148 valence electrons. The van der Waals surface area contributed by atoms with Crippen molar-refractivity contribution < 1.29 is 9.59 Å². The van der Waals surface area contributed by atoms with Crippen molar-refractivity contribution in [3.63, 3.8) is 0 Å². The predicted molar refractivity (Wildman–Crippen MR) is 117 cm³/mol. The predicted octanol–water partition coefficient (Wildman–Crippen LogP) is 2.78. The highest BCUT2D eigenvalue weighted by atomic mass is 16.2. The van der Waals surface area contributed by atoms with Crippen LogP contribution >= 0.6 is 0 Å². The molecule has 0 aliphatic carbocycles. The van der Waals surface area contributed by atoms with Crippen LogP contribution in [-0.2, 0) is 0 Å². The van der Waals surface area contributed by atoms with E-state index in [-0.39, 0.29) is 11.8 Å². The first-order valence-corrected chi connectivity index (χ1v) is 9.36. The normalized spacial score (nSPS) is 13.4. The van der Waals surface area contributed by atoms with Gasteiger partial charge in [-0.1, -0.05) is 12.1 Å². The Balaban J connectivity index is 1.80. The number of hydrogen-bond acceptors (Lipinski definition) is 6. The second kappa shape index (κ2) is 7.10. The maximum absolute atomic E-state index is 13.2. The third-order valence-electron chi connectivity index (χ3n) is 5.11. The van der Waals surface area contributed by atoms with Crippen LogP contribution in [0.15, 0.2) is 48.5 Å². The van der Waals surface area contributed by atoms with Gasteiger partial charge in [0.25, 0.3) is 11.8 Å². The molecule has 0 unspecified atom stereocenters. The number of nitrogen functional groups attached to an aromatic ring is 2. The summed E-state index contributed by atoms with van der Waals surface area (Å²) in [6.07, 6.45) is 0. The zero-order valence-corrected chi connectivity index (χ0v) is 16.4. The molecule has 1 aliphatic heterocycles. The van der Waals surface area contributed by atoms with E-state index in [1.807, 2.05) is 32.3 Å². The molecule has 0 aromatic heterocycles. The van der Waals surface area contributed by atoms with Crippen molar-refractivity contribution in [2.75, 3.05) is 48.9 Å². The van der Waals surface area contributed by atoms with Gasteiger partial charge in [0.05, 0.1) is 17.1 Å². The highest BCUT2D eigenvalue weighted by Gasteiger charge is 2.34. The molecule has 1 heterocycles. The Morgan fingerprint density at radius 2 is 1.66 bits per heavy atom. The summed E-state index contributed by atoms with van der Waals surface area (Å²) in [5.41, 5.74) is 14.7. The van der Waals surface area contributed by atoms with E-state index in [2.05, 4.69) is 10.2 Å². The van der Waals surface area contributed by atoms with Gasteiger partial charge in [0.1, 0.15) is 0 Å². The zero-order chi connectivity index (χ0) is 20.7. The fourth-order valence-electron chi connectivity index (χ4n) is 3.60. The molecule has 0 atom stereocenters. The Morgan fingerprint density at radius 1 is 0.931 bits per heavy atom. The maximum Gasteiger partial charge on any atom is 0.265 e. The maximum atomic E-state index is 13.2. The van der Waals surface area contributed by atoms with Gasteiger partial charge in [-0.3, -0.25) is 9.59 Å². The number of hydrogen-bond donors (Lipinski definition) is 3. The second-order valence-corrected chi connectivity index (χ2v) is 7.38. The van der Waals surface area contributed by atoms with Crippen LogP contribution in [0.2, 0.25) is 0 Å². The van der Waals surface area contributed by atoms with E-state index >= 15 is 0 Å². The van der Waals surface area contributed by atoms with E-state index < -0.39 is 0 Å². The van der Waals surface area contributed by atoms with Gasteiger partial charge in [-0.15, -0.1) is 0 Å². The van der Waals surface area contributed by atoms with Crippen molar-refractivity contribution in [1.82, 2.24) is 4.90 Å². The monoisotopic (exact) mass is 389 g/mol. The fraction of sp³-hybridized carbons (Fsp3) is 0.182. The van der Waals surface area contributed by atoms with Crippen molar-refractivity contribution in [1.29, 1.82) is 0 Å². The summed E-state index contributed by atoms with van der Waals surface area (Å²) in [6, 6.07) is 13.9. The lowest BCUT2D eigenvalue weighted by Crippen LogP contribution is -2.40. The summed E-state index contributed by atoms with van der Waals surface area (Å²) in [7, 11) is 4.02. The van der Waals surface area contributed by atoms with Gasteiger partial charge in [0.2, 0.25) is 0 Å². The Hall–Kier alpha value is -3.58. The van der Waals surface area contributed by atoms with Crippen LogP contribution in [0.3, 0.4) is 0 Å². The molecule has 29 heavy (non-hydrogen) atoms. The van der Waals surface area contributed by atoms with Crippen LogP contribution in [-0.4, -0.2) is 43.9 Å². The molecule has 3 aromatic carbocycles. The number of nitrogens with one attached hydrogen (secondary N) is 1. The van der Waals surface area contributed by atoms with Gasteiger partial charge in [-0.05, 0) is 50.5 Å². The summed E-state index contributed by atoms with van der Waals surface area (Å²) in [5, 5.41) is 4.94. The lowest BCUT2D eigenvalue weighted by atomic mass is 9.92. The quantitative estimate of drug-likeness (QED) is 0.458. The van der Waals surface area contributed by atoms with Crippen LogP contribution < -0.4 is 21.7 Å². The average Bonchev–Trinajstić information content (AvgIpc) is 2.69. The van der Waals surface area contributed by atoms with Crippen molar-refractivity contribution in [2.24, 2.45) is 0 Å². The molecule has 2 amide bonds. The number of rotatable bonds is 5. The number of nitrogens with two attached hydrogens (primary N) is 2. The van der Waals surface area contributed by atoms with E-state index in [9.17, 15) is 9.59 Å². The molecule has 1 aliphatic rings. The van der Waals surface area contributed by atoms with Crippen LogP contribution in [0.25, 0.3) is 10.8 Å². The smallest absolute Gasteiger partial charge is 0.265 e. The minimum absolute atomic E-state index is 0.326. The van der Waals surface area contributed by atoms with E-state index in [1.165, 1.54) is 0 Å². The Morgan fingerprint density at radius 3 is 2.34 bits per heavy atom. The molecular weight excluding hydrogens is 366 g/mol. The van der Waals surface area contributed by atoms with E-state index in [0.29, 0.717) is 33.6 Å². The van der Waals surface area contributed by atoms with E-state index in [0.717, 1.165) is 29.1 Å². The minimum Gasteiger partial charge on any atom is -0.397 e. The number of anilines is 4. The van der Waals surface area contributed by atoms with Crippen LogP contribution in [0.4, 0.5) is 22.7 Å². The van der Waals surface area contributed by atoms with E-state index in [1.54, 1.807) is 30.3 Å². The largest absolute Gasteiger partial charge is 0.397 e. The van der Waals surface area contributed by atoms with Crippen LogP contribution in [0, 0.1) is 0 Å². The molecule has 0 saturated carbocycles. The molecule has 0 bridgehead atoms. The number of carbonyl (C=O) groups excluding carboxylic acids is 2. The highest BCUT2D eigenvalue weighted by molar-refractivity contribution is 6.36. The first-order chi connectivity index (χ1) is 13.9. The molecule has 0 fully saturated rings. The van der Waals surface area contributed by atoms with Gasteiger partial charge in [-0.25, -0.2) is 4.90 Å². The lowest BCUT2D eigenvalue weighted by molar-refractivity contribution is 0.0893. The second-order valence-electron chi connectivity index (χ2n) is 7.38. The molecule has 4 rings (SSSR count). The average molecular weight is 389 g/mol. The van der Waals surface area contributed by atoms with Gasteiger partial charge >= 0.3 is 0 Å². The molecule has 7 heteroatoms. The third-order valence-corrected chi connectivity index (χ3v) is 5.11. The number of imide groups is 1. The van der Waals surface area contributed by atoms with E-state index in [4.69, 9.17) is 11.5 Å². The third kappa shape index (κ3) is 3.15. The summed E-state index contributed by atoms with van der Waals surface area (Å²) >= 11 is 0.